The van der Waals surface area contributed by atoms with Crippen molar-refractivity contribution in [1.29, 1.82) is 0 Å². The summed E-state index contributed by atoms with van der Waals surface area (Å²) in [5.74, 6) is 1.05. The first kappa shape index (κ1) is 15.8. The van der Waals surface area contributed by atoms with E-state index in [1.165, 1.54) is 5.56 Å². The minimum Gasteiger partial charge on any atom is -0.440 e. The molecule has 0 bridgehead atoms. The van der Waals surface area contributed by atoms with Crippen LogP contribution in [0.4, 0.5) is 0 Å². The Labute approximate surface area is 155 Å². The summed E-state index contributed by atoms with van der Waals surface area (Å²) < 4.78 is 14.1. The van der Waals surface area contributed by atoms with Crippen molar-refractivity contribution in [3.05, 3.63) is 90.4 Å². The van der Waals surface area contributed by atoms with E-state index < -0.39 is 0 Å². The van der Waals surface area contributed by atoms with Crippen molar-refractivity contribution in [2.24, 2.45) is 7.05 Å². The Morgan fingerprint density at radius 2 is 1.30 bits per heavy atom. The average Bonchev–Trinajstić information content (AvgIpc) is 3.31. The second-order valence-electron chi connectivity index (χ2n) is 6.67. The van der Waals surface area contributed by atoms with Crippen LogP contribution in [0, 0.1) is 0 Å². The summed E-state index contributed by atoms with van der Waals surface area (Å²) in [5, 5.41) is 0. The van der Waals surface area contributed by atoms with Gasteiger partial charge in [0.2, 0.25) is 11.8 Å². The zero-order chi connectivity index (χ0) is 18.2. The van der Waals surface area contributed by atoms with E-state index in [0.29, 0.717) is 18.2 Å². The van der Waals surface area contributed by atoms with Gasteiger partial charge in [0.1, 0.15) is 24.0 Å². The van der Waals surface area contributed by atoms with Gasteiger partial charge >= 0.3 is 0 Å². The lowest BCUT2D eigenvalue weighted by Gasteiger charge is -2.09. The fraction of sp³-hybridized carbons (Fsp3) is 0.136. The molecular weight excluding hydrogens is 338 g/mol. The molecule has 0 atom stereocenters. The van der Waals surface area contributed by atoms with Crippen LogP contribution in [0.3, 0.4) is 0 Å². The lowest BCUT2D eigenvalue weighted by atomic mass is 10.00. The lowest BCUT2D eigenvalue weighted by molar-refractivity contribution is -0.671. The van der Waals surface area contributed by atoms with Gasteiger partial charge in [-0.15, -0.1) is 0 Å². The molecule has 0 radical (unpaired) electrons. The molecule has 5 rings (SSSR count). The number of hydrogen-bond acceptors (Lipinski definition) is 4. The van der Waals surface area contributed by atoms with Crippen LogP contribution in [0.2, 0.25) is 0 Å². The number of fused-ring (bicyclic) bond motifs is 2. The number of pyridine rings is 1. The van der Waals surface area contributed by atoms with Gasteiger partial charge in [0.05, 0.1) is 0 Å². The summed E-state index contributed by atoms with van der Waals surface area (Å²) in [5.41, 5.74) is 4.39. The molecular formula is C22H18N3O2+. The van der Waals surface area contributed by atoms with Crippen LogP contribution in [0.5, 0.6) is 0 Å². The van der Waals surface area contributed by atoms with Crippen molar-refractivity contribution in [1.82, 2.24) is 9.97 Å². The number of oxazole rings is 2. The van der Waals surface area contributed by atoms with Crippen LogP contribution in [0.15, 0.2) is 81.9 Å². The molecule has 3 aromatic heterocycles. The van der Waals surface area contributed by atoms with Gasteiger partial charge in [-0.25, -0.2) is 14.5 Å². The second-order valence-corrected chi connectivity index (χ2v) is 6.67. The standard InChI is InChI=1S/C22H18N3O2/c1-25-12-10-15(11-13-25)14-16(21-23-17-6-2-4-8-19(17)26-21)22-24-18-7-3-5-9-20(18)27-22/h2-13,16H,14H2,1H3/q+1. The molecule has 0 spiro atoms. The quantitative estimate of drug-likeness (QED) is 0.454. The van der Waals surface area contributed by atoms with E-state index in [0.717, 1.165) is 22.2 Å². The summed E-state index contributed by atoms with van der Waals surface area (Å²) in [7, 11) is 2.00. The van der Waals surface area contributed by atoms with Crippen molar-refractivity contribution < 1.29 is 13.4 Å². The van der Waals surface area contributed by atoms with Crippen LogP contribution in [0.25, 0.3) is 22.2 Å². The number of para-hydroxylation sites is 4. The Kier molecular flexibility index (Phi) is 3.71. The first-order valence-corrected chi connectivity index (χ1v) is 8.91. The van der Waals surface area contributed by atoms with Gasteiger partial charge in [0.25, 0.3) is 0 Å². The van der Waals surface area contributed by atoms with Crippen molar-refractivity contribution in [3.8, 4) is 0 Å². The number of benzene rings is 2. The van der Waals surface area contributed by atoms with Gasteiger partial charge in [0, 0.05) is 12.1 Å². The molecule has 0 aliphatic heterocycles. The third kappa shape index (κ3) is 2.97. The van der Waals surface area contributed by atoms with Crippen LogP contribution in [0.1, 0.15) is 23.3 Å². The smallest absolute Gasteiger partial charge is 0.208 e. The maximum Gasteiger partial charge on any atom is 0.208 e. The highest BCUT2D eigenvalue weighted by Crippen LogP contribution is 2.31. The van der Waals surface area contributed by atoms with Gasteiger partial charge in [0.15, 0.2) is 23.6 Å². The van der Waals surface area contributed by atoms with Crippen LogP contribution in [-0.2, 0) is 13.5 Å². The molecule has 0 aliphatic carbocycles. The highest BCUT2D eigenvalue weighted by molar-refractivity contribution is 5.73. The molecule has 132 valence electrons. The number of nitrogens with zero attached hydrogens (tertiary/aromatic N) is 3. The average molecular weight is 356 g/mol. The fourth-order valence-electron chi connectivity index (χ4n) is 3.26. The highest BCUT2D eigenvalue weighted by atomic mass is 16.4. The third-order valence-corrected chi connectivity index (χ3v) is 4.70. The fourth-order valence-corrected chi connectivity index (χ4v) is 3.26. The SMILES string of the molecule is C[n+]1ccc(CC(c2nc3ccccc3o2)c2nc3ccccc3o2)cc1. The Morgan fingerprint density at radius 1 is 0.778 bits per heavy atom. The van der Waals surface area contributed by atoms with Gasteiger partial charge in [-0.1, -0.05) is 24.3 Å². The van der Waals surface area contributed by atoms with Gasteiger partial charge in [-0.2, -0.15) is 0 Å². The molecule has 5 aromatic rings. The molecule has 0 aliphatic rings. The second kappa shape index (κ2) is 6.36. The largest absolute Gasteiger partial charge is 0.440 e. The molecule has 3 heterocycles. The molecule has 0 amide bonds. The van der Waals surface area contributed by atoms with Crippen LogP contribution >= 0.6 is 0 Å². The summed E-state index contributed by atoms with van der Waals surface area (Å²) in [6.07, 6.45) is 4.76. The molecule has 27 heavy (non-hydrogen) atoms. The van der Waals surface area contributed by atoms with Crippen molar-refractivity contribution in [3.63, 3.8) is 0 Å². The molecule has 5 nitrogen and oxygen atoms in total. The normalized spacial score (nSPS) is 11.6. The Hall–Kier alpha value is -3.47. The first-order valence-electron chi connectivity index (χ1n) is 8.91. The molecule has 0 saturated carbocycles. The number of rotatable bonds is 4. The van der Waals surface area contributed by atoms with Gasteiger partial charge in [-0.05, 0) is 36.2 Å². The maximum atomic E-state index is 6.06. The molecule has 0 fully saturated rings. The lowest BCUT2D eigenvalue weighted by Crippen LogP contribution is -2.26. The van der Waals surface area contributed by atoms with E-state index in [1.54, 1.807) is 0 Å². The zero-order valence-electron chi connectivity index (χ0n) is 14.9. The zero-order valence-corrected chi connectivity index (χ0v) is 14.9. The highest BCUT2D eigenvalue weighted by Gasteiger charge is 2.26. The predicted octanol–water partition coefficient (Wildman–Crippen LogP) is 4.17. The maximum absolute atomic E-state index is 6.06. The number of aromatic nitrogens is 3. The van der Waals surface area contributed by atoms with Crippen LogP contribution < -0.4 is 4.57 Å². The van der Waals surface area contributed by atoms with Gasteiger partial charge in [-0.3, -0.25) is 0 Å². The number of hydrogen-bond donors (Lipinski definition) is 0. The molecule has 0 unspecified atom stereocenters. The minimum absolute atomic E-state index is 0.197. The van der Waals surface area contributed by atoms with Gasteiger partial charge < -0.3 is 8.83 Å². The topological polar surface area (TPSA) is 55.9 Å². The summed E-state index contributed by atoms with van der Waals surface area (Å²) in [6, 6.07) is 19.8. The minimum atomic E-state index is -0.197. The Balaban J connectivity index is 1.62. The van der Waals surface area contributed by atoms with Crippen LogP contribution in [-0.4, -0.2) is 9.97 Å². The van der Waals surface area contributed by atoms with E-state index in [9.17, 15) is 0 Å². The Morgan fingerprint density at radius 3 is 1.81 bits per heavy atom. The monoisotopic (exact) mass is 356 g/mol. The van der Waals surface area contributed by atoms with E-state index in [-0.39, 0.29) is 5.92 Å². The van der Waals surface area contributed by atoms with E-state index >= 15 is 0 Å². The predicted molar refractivity (Wildman–Crippen MR) is 101 cm³/mol. The molecule has 2 aromatic carbocycles. The van der Waals surface area contributed by atoms with Crippen molar-refractivity contribution in [2.75, 3.05) is 0 Å². The summed E-state index contributed by atoms with van der Waals surface area (Å²) in [4.78, 5) is 9.40. The van der Waals surface area contributed by atoms with Crippen molar-refractivity contribution in [2.45, 2.75) is 12.3 Å². The van der Waals surface area contributed by atoms with E-state index in [2.05, 4.69) is 12.1 Å². The van der Waals surface area contributed by atoms with Crippen molar-refractivity contribution >= 4 is 22.2 Å². The molecule has 0 saturated heterocycles. The molecule has 0 N–H and O–H groups in total. The third-order valence-electron chi connectivity index (χ3n) is 4.70. The van der Waals surface area contributed by atoms with E-state index in [1.807, 2.05) is 72.5 Å². The summed E-state index contributed by atoms with van der Waals surface area (Å²) in [6.45, 7) is 0. The number of aryl methyl sites for hydroxylation is 1. The Bertz CT molecular complexity index is 1080. The first-order chi connectivity index (χ1) is 13.3. The molecule has 5 heteroatoms. The summed E-state index contributed by atoms with van der Waals surface area (Å²) >= 11 is 0. The van der Waals surface area contributed by atoms with E-state index in [4.69, 9.17) is 18.8 Å².